The third kappa shape index (κ3) is 4.30. The largest absolute Gasteiger partial charge is 0.378 e. The maximum atomic E-state index is 15.0. The lowest BCUT2D eigenvalue weighted by Gasteiger charge is -2.44. The number of nitrogens with one attached hydrogen (secondary N) is 2. The fourth-order valence-electron chi connectivity index (χ4n) is 5.13. The molecule has 10 nitrogen and oxygen atoms in total. The van der Waals surface area contributed by atoms with Crippen LogP contribution in [-0.4, -0.2) is 91.8 Å². The Kier molecular flexibility index (Phi) is 6.10. The van der Waals surface area contributed by atoms with Crippen molar-refractivity contribution in [2.24, 2.45) is 0 Å². The van der Waals surface area contributed by atoms with Gasteiger partial charge in [-0.1, -0.05) is 0 Å². The summed E-state index contributed by atoms with van der Waals surface area (Å²) in [5, 5.41) is 10.3. The van der Waals surface area contributed by atoms with Crippen LogP contribution in [-0.2, 0) is 11.3 Å². The number of alkyl halides is 4. The summed E-state index contributed by atoms with van der Waals surface area (Å²) in [7, 11) is 1.67. The van der Waals surface area contributed by atoms with Gasteiger partial charge in [-0.25, -0.2) is 32.0 Å². The Labute approximate surface area is 215 Å². The molecule has 0 bridgehead atoms. The van der Waals surface area contributed by atoms with Crippen molar-refractivity contribution in [1.29, 1.82) is 0 Å². The van der Waals surface area contributed by atoms with Gasteiger partial charge in [0, 0.05) is 25.4 Å². The van der Waals surface area contributed by atoms with E-state index in [1.807, 2.05) is 0 Å². The van der Waals surface area contributed by atoms with Crippen LogP contribution in [0.15, 0.2) is 24.4 Å². The molecular weight excluding hydrogens is 506 g/mol. The van der Waals surface area contributed by atoms with Crippen molar-refractivity contribution in [2.75, 3.05) is 44.0 Å². The second-order valence-corrected chi connectivity index (χ2v) is 9.66. The van der Waals surface area contributed by atoms with Gasteiger partial charge in [0.25, 0.3) is 12.3 Å². The van der Waals surface area contributed by atoms with Crippen LogP contribution in [0, 0.1) is 6.92 Å². The van der Waals surface area contributed by atoms with E-state index in [1.165, 1.54) is 4.57 Å². The molecule has 0 saturated carbocycles. The lowest BCUT2D eigenvalue weighted by atomic mass is 9.98. The minimum absolute atomic E-state index is 0.0503. The highest BCUT2D eigenvalue weighted by atomic mass is 19.3. The summed E-state index contributed by atoms with van der Waals surface area (Å²) in [5.74, 6) is -2.03. The van der Waals surface area contributed by atoms with Gasteiger partial charge in [0.05, 0.1) is 44.1 Å². The molecule has 2 aliphatic heterocycles. The van der Waals surface area contributed by atoms with Crippen molar-refractivity contribution in [3.05, 3.63) is 30.2 Å². The van der Waals surface area contributed by atoms with Crippen molar-refractivity contribution in [1.82, 2.24) is 34.0 Å². The first-order chi connectivity index (χ1) is 18.2. The number of fused-ring (bicyclic) bond motifs is 2. The third-order valence-electron chi connectivity index (χ3n) is 7.20. The van der Waals surface area contributed by atoms with E-state index in [0.29, 0.717) is 59.3 Å². The van der Waals surface area contributed by atoms with Gasteiger partial charge in [0.2, 0.25) is 5.95 Å². The summed E-state index contributed by atoms with van der Waals surface area (Å²) in [4.78, 5) is 15.2. The van der Waals surface area contributed by atoms with Crippen LogP contribution in [0.1, 0.15) is 12.2 Å². The first-order valence-electron chi connectivity index (χ1n) is 12.4. The zero-order valence-electron chi connectivity index (χ0n) is 20.8. The van der Waals surface area contributed by atoms with Crippen LogP contribution >= 0.6 is 0 Å². The zero-order valence-corrected chi connectivity index (χ0v) is 20.8. The number of pyridine rings is 1. The molecule has 2 N–H and O–H groups in total. The van der Waals surface area contributed by atoms with Gasteiger partial charge < -0.3 is 19.9 Å². The highest BCUT2D eigenvalue weighted by molar-refractivity contribution is 5.89. The predicted octanol–water partition coefficient (Wildman–Crippen LogP) is 3.28. The molecule has 0 unspecified atom stereocenters. The summed E-state index contributed by atoms with van der Waals surface area (Å²) < 4.78 is 64.4. The molecule has 6 rings (SSSR count). The maximum absolute atomic E-state index is 15.0. The fourth-order valence-corrected chi connectivity index (χ4v) is 5.13. The Hall–Kier alpha value is -3.52. The molecule has 2 fully saturated rings. The minimum atomic E-state index is -2.97. The summed E-state index contributed by atoms with van der Waals surface area (Å²) in [6, 6.07) is 4.20. The smallest absolute Gasteiger partial charge is 0.280 e. The van der Waals surface area contributed by atoms with Crippen molar-refractivity contribution in [2.45, 2.75) is 44.3 Å². The highest BCUT2D eigenvalue weighted by Gasteiger charge is 2.47. The number of nitrogens with zero attached hydrogens (tertiary/aromatic N) is 7. The van der Waals surface area contributed by atoms with Crippen LogP contribution < -0.4 is 10.6 Å². The molecule has 38 heavy (non-hydrogen) atoms. The molecule has 0 aromatic carbocycles. The van der Waals surface area contributed by atoms with Crippen molar-refractivity contribution < 1.29 is 22.3 Å². The molecule has 0 spiro atoms. The molecule has 0 radical (unpaired) electrons. The van der Waals surface area contributed by atoms with E-state index in [-0.39, 0.29) is 25.0 Å². The predicted molar refractivity (Wildman–Crippen MR) is 133 cm³/mol. The molecule has 6 heterocycles. The van der Waals surface area contributed by atoms with Crippen LogP contribution in [0.4, 0.5) is 29.3 Å². The number of imidazole rings is 1. The van der Waals surface area contributed by atoms with Crippen LogP contribution in [0.2, 0.25) is 0 Å². The normalized spacial score (nSPS) is 20.3. The molecule has 4 aromatic heterocycles. The van der Waals surface area contributed by atoms with Crippen molar-refractivity contribution in [3.8, 4) is 11.3 Å². The van der Waals surface area contributed by atoms with E-state index in [9.17, 15) is 8.78 Å². The Bertz CT molecular complexity index is 1480. The first kappa shape index (κ1) is 24.8. The molecule has 4 aromatic rings. The first-order valence-corrected chi connectivity index (χ1v) is 12.4. The fraction of sp³-hybridized carbons (Fsp3) is 0.500. The van der Waals surface area contributed by atoms with E-state index in [1.54, 1.807) is 47.8 Å². The molecule has 1 atom stereocenters. The van der Waals surface area contributed by atoms with E-state index in [0.717, 1.165) is 0 Å². The second-order valence-electron chi connectivity index (χ2n) is 9.66. The number of hydrogen-bond donors (Lipinski definition) is 2. The lowest BCUT2D eigenvalue weighted by Crippen LogP contribution is -2.61. The molecule has 0 amide bonds. The van der Waals surface area contributed by atoms with E-state index < -0.39 is 24.9 Å². The number of halogens is 4. The number of likely N-dealkylation sites (tertiary alicyclic amines) is 1. The summed E-state index contributed by atoms with van der Waals surface area (Å²) >= 11 is 0. The number of ether oxygens (including phenoxy) is 1. The zero-order chi connectivity index (χ0) is 26.6. The van der Waals surface area contributed by atoms with E-state index in [2.05, 4.69) is 30.7 Å². The lowest BCUT2D eigenvalue weighted by molar-refractivity contribution is -0.131. The second kappa shape index (κ2) is 9.34. The molecule has 14 heteroatoms. The summed E-state index contributed by atoms with van der Waals surface area (Å²) in [6.07, 6.45) is -0.621. The van der Waals surface area contributed by atoms with E-state index >= 15 is 8.78 Å². The quantitative estimate of drug-likeness (QED) is 0.350. The average Bonchev–Trinajstić information content (AvgIpc) is 3.39. The molecule has 0 aliphatic carbocycles. The number of piperidine rings is 1. The number of aromatic nitrogens is 6. The summed E-state index contributed by atoms with van der Waals surface area (Å²) in [5.41, 5.74) is 2.63. The van der Waals surface area contributed by atoms with Crippen LogP contribution in [0.3, 0.4) is 0 Å². The monoisotopic (exact) mass is 533 g/mol. The molecule has 2 saturated heterocycles. The number of anilines is 2. The molecule has 202 valence electrons. The Morgan fingerprint density at radius 2 is 1.97 bits per heavy atom. The maximum Gasteiger partial charge on any atom is 0.280 e. The topological polar surface area (TPSA) is 97.4 Å². The Morgan fingerprint density at radius 1 is 1.16 bits per heavy atom. The minimum Gasteiger partial charge on any atom is -0.378 e. The number of rotatable bonds is 7. The highest BCUT2D eigenvalue weighted by Crippen LogP contribution is 2.34. The van der Waals surface area contributed by atoms with Gasteiger partial charge in [-0.15, -0.1) is 5.10 Å². The van der Waals surface area contributed by atoms with Crippen molar-refractivity contribution in [3.63, 3.8) is 0 Å². The van der Waals surface area contributed by atoms with Gasteiger partial charge >= 0.3 is 0 Å². The molecule has 2 aliphatic rings. The van der Waals surface area contributed by atoms with Crippen molar-refractivity contribution >= 4 is 28.4 Å². The SMILES string of the molecule is CNc1nc(N[C@@H]2CCN(C3COC3)CC2(F)F)nn2ccc(-c3ccc4nc(C)n(CC(F)F)c4n3)c12. The average molecular weight is 534 g/mol. The summed E-state index contributed by atoms with van der Waals surface area (Å²) in [6.45, 7) is 2.33. The Balaban J connectivity index is 1.31. The van der Waals surface area contributed by atoms with Crippen LogP contribution in [0.5, 0.6) is 0 Å². The van der Waals surface area contributed by atoms with Gasteiger partial charge in [-0.3, -0.25) is 4.90 Å². The van der Waals surface area contributed by atoms with Gasteiger partial charge in [-0.05, 0) is 31.5 Å². The Morgan fingerprint density at radius 3 is 2.66 bits per heavy atom. The standard InChI is InChI=1S/C24H27F4N9O/c1-13-30-17-4-3-16(31-22(17)36(13)9-19(25)26)15-5-8-37-20(15)21(29-2)33-23(34-37)32-18-6-7-35(12-24(18,27)28)14-10-38-11-14/h3-5,8,14,18-19H,6-7,9-12H2,1-2H3,(H2,29,32,33,34)/t18-/m1/s1. The van der Waals surface area contributed by atoms with E-state index in [4.69, 9.17) is 4.74 Å². The van der Waals surface area contributed by atoms with Gasteiger partial charge in [-0.2, -0.15) is 4.98 Å². The number of aryl methyl sites for hydroxylation is 1. The van der Waals surface area contributed by atoms with Gasteiger partial charge in [0.15, 0.2) is 11.5 Å². The van der Waals surface area contributed by atoms with Gasteiger partial charge in [0.1, 0.15) is 16.9 Å². The molecular formula is C24H27F4N9O. The number of hydrogen-bond acceptors (Lipinski definition) is 8. The third-order valence-corrected chi connectivity index (χ3v) is 7.20. The van der Waals surface area contributed by atoms with Crippen LogP contribution in [0.25, 0.3) is 27.9 Å².